The van der Waals surface area contributed by atoms with Gasteiger partial charge >= 0.3 is 5.76 Å². The van der Waals surface area contributed by atoms with E-state index in [-0.39, 0.29) is 29.5 Å². The first-order chi connectivity index (χ1) is 13.4. The van der Waals surface area contributed by atoms with E-state index in [1.165, 1.54) is 28.8 Å². The molecule has 2 aromatic heterocycles. The van der Waals surface area contributed by atoms with Crippen LogP contribution in [0, 0.1) is 5.92 Å². The minimum Gasteiger partial charge on any atom is -0.467 e. The van der Waals surface area contributed by atoms with Crippen LogP contribution < -0.4 is 11.1 Å². The number of piperidine rings is 1. The van der Waals surface area contributed by atoms with Crippen LogP contribution in [0.2, 0.25) is 0 Å². The number of carbonyl (C=O) groups excluding carboxylic acids is 1. The topological polar surface area (TPSA) is 126 Å². The van der Waals surface area contributed by atoms with Gasteiger partial charge in [-0.25, -0.2) is 13.2 Å². The minimum atomic E-state index is -3.81. The summed E-state index contributed by atoms with van der Waals surface area (Å²) in [6, 6.07) is 7.73. The average molecular weight is 405 g/mol. The van der Waals surface area contributed by atoms with Crippen LogP contribution in [0.25, 0.3) is 11.1 Å². The number of amides is 1. The van der Waals surface area contributed by atoms with Crippen molar-refractivity contribution in [2.24, 2.45) is 5.92 Å². The molecule has 3 aromatic rings. The number of carbonyl (C=O) groups is 1. The largest absolute Gasteiger partial charge is 0.467 e. The van der Waals surface area contributed by atoms with Crippen LogP contribution in [0.3, 0.4) is 0 Å². The number of rotatable bonds is 5. The highest BCUT2D eigenvalue weighted by Gasteiger charge is 2.33. The lowest BCUT2D eigenvalue weighted by Crippen LogP contribution is -2.45. The molecule has 9 nitrogen and oxygen atoms in total. The molecule has 1 aromatic carbocycles. The molecular weight excluding hydrogens is 386 g/mol. The second-order valence-corrected chi connectivity index (χ2v) is 8.61. The van der Waals surface area contributed by atoms with Gasteiger partial charge < -0.3 is 14.2 Å². The molecule has 0 aliphatic carbocycles. The molecule has 0 radical (unpaired) electrons. The zero-order chi connectivity index (χ0) is 19.7. The van der Waals surface area contributed by atoms with Crippen molar-refractivity contribution in [1.82, 2.24) is 14.6 Å². The molecule has 2 N–H and O–H groups in total. The third-order valence-electron chi connectivity index (χ3n) is 4.80. The highest BCUT2D eigenvalue weighted by atomic mass is 32.2. The Hall–Kier alpha value is -2.85. The molecule has 3 heterocycles. The summed E-state index contributed by atoms with van der Waals surface area (Å²) in [5.41, 5.74) is 0.605. The summed E-state index contributed by atoms with van der Waals surface area (Å²) < 4.78 is 37.4. The van der Waals surface area contributed by atoms with Crippen molar-refractivity contribution in [3.63, 3.8) is 0 Å². The van der Waals surface area contributed by atoms with Crippen molar-refractivity contribution in [2.75, 3.05) is 13.1 Å². The lowest BCUT2D eigenvalue weighted by Gasteiger charge is -2.31. The zero-order valence-electron chi connectivity index (χ0n) is 14.9. The maximum Gasteiger partial charge on any atom is 0.417 e. The summed E-state index contributed by atoms with van der Waals surface area (Å²) in [6.07, 6.45) is 2.72. The van der Waals surface area contributed by atoms with Crippen LogP contribution in [-0.2, 0) is 21.4 Å². The fourth-order valence-corrected chi connectivity index (χ4v) is 4.88. The van der Waals surface area contributed by atoms with Gasteiger partial charge in [0.2, 0.25) is 15.9 Å². The maximum absolute atomic E-state index is 13.0. The number of nitrogens with zero attached hydrogens (tertiary/aromatic N) is 1. The lowest BCUT2D eigenvalue weighted by atomic mass is 9.99. The van der Waals surface area contributed by atoms with Crippen LogP contribution in [0.1, 0.15) is 18.6 Å². The smallest absolute Gasteiger partial charge is 0.417 e. The third kappa shape index (κ3) is 3.60. The fraction of sp³-hybridized carbons (Fsp3) is 0.333. The molecule has 1 aliphatic heterocycles. The van der Waals surface area contributed by atoms with E-state index in [0.29, 0.717) is 30.7 Å². The van der Waals surface area contributed by atoms with E-state index in [0.717, 1.165) is 0 Å². The molecule has 4 rings (SSSR count). The Labute approximate surface area is 160 Å². The van der Waals surface area contributed by atoms with Gasteiger partial charge in [-0.05, 0) is 37.1 Å². The standard InChI is InChI=1S/C18H19N3O6S/c22-17(19-10-13-4-2-8-26-13)12-3-1-7-21(11-12)28(24,25)14-5-6-15-16(9-14)27-18(23)20-15/h2,4-6,8-9,12H,1,3,7,10-11H2,(H,19,22)(H,20,23)/t12-/m0/s1. The fourth-order valence-electron chi connectivity index (χ4n) is 3.34. The predicted octanol–water partition coefficient (Wildman–Crippen LogP) is 1.43. The van der Waals surface area contributed by atoms with Gasteiger partial charge in [0.15, 0.2) is 5.58 Å². The summed E-state index contributed by atoms with van der Waals surface area (Å²) in [5, 5.41) is 2.79. The number of hydrogen-bond donors (Lipinski definition) is 2. The maximum atomic E-state index is 13.0. The van der Waals surface area contributed by atoms with E-state index >= 15 is 0 Å². The van der Waals surface area contributed by atoms with E-state index < -0.39 is 21.7 Å². The van der Waals surface area contributed by atoms with Crippen LogP contribution in [-0.4, -0.2) is 36.7 Å². The summed E-state index contributed by atoms with van der Waals surface area (Å²) in [6.45, 7) is 0.694. The van der Waals surface area contributed by atoms with Gasteiger partial charge in [0.1, 0.15) is 5.76 Å². The molecule has 0 spiro atoms. The normalized spacial score (nSPS) is 18.4. The Morgan fingerprint density at radius 1 is 1.32 bits per heavy atom. The van der Waals surface area contributed by atoms with Crippen molar-refractivity contribution in [3.8, 4) is 0 Å². The van der Waals surface area contributed by atoms with Gasteiger partial charge in [-0.1, -0.05) is 0 Å². The number of nitrogens with one attached hydrogen (secondary N) is 2. The summed E-state index contributed by atoms with van der Waals surface area (Å²) in [4.78, 5) is 26.2. The number of hydrogen-bond acceptors (Lipinski definition) is 6. The molecule has 10 heteroatoms. The zero-order valence-corrected chi connectivity index (χ0v) is 15.7. The summed E-state index contributed by atoms with van der Waals surface area (Å²) in [5.74, 6) is -0.651. The van der Waals surface area contributed by atoms with Crippen LogP contribution >= 0.6 is 0 Å². The van der Waals surface area contributed by atoms with E-state index in [4.69, 9.17) is 8.83 Å². The van der Waals surface area contributed by atoms with E-state index in [9.17, 15) is 18.0 Å². The number of benzene rings is 1. The highest BCUT2D eigenvalue weighted by molar-refractivity contribution is 7.89. The predicted molar refractivity (Wildman–Crippen MR) is 98.9 cm³/mol. The molecule has 1 aliphatic rings. The van der Waals surface area contributed by atoms with Crippen LogP contribution in [0.5, 0.6) is 0 Å². The lowest BCUT2D eigenvalue weighted by molar-refractivity contribution is -0.126. The molecular formula is C18H19N3O6S. The Balaban J connectivity index is 1.49. The van der Waals surface area contributed by atoms with Gasteiger partial charge in [0.05, 0.1) is 29.1 Å². The molecule has 1 amide bonds. The van der Waals surface area contributed by atoms with E-state index in [1.807, 2.05) is 0 Å². The third-order valence-corrected chi connectivity index (χ3v) is 6.66. The number of oxazole rings is 1. The molecule has 1 fully saturated rings. The second-order valence-electron chi connectivity index (χ2n) is 6.67. The first-order valence-corrected chi connectivity index (χ1v) is 10.3. The summed E-state index contributed by atoms with van der Waals surface area (Å²) in [7, 11) is -3.81. The molecule has 1 atom stereocenters. The van der Waals surface area contributed by atoms with E-state index in [2.05, 4.69) is 10.3 Å². The van der Waals surface area contributed by atoms with Crippen molar-refractivity contribution in [2.45, 2.75) is 24.3 Å². The first-order valence-electron chi connectivity index (χ1n) is 8.86. The van der Waals surface area contributed by atoms with Gasteiger partial charge in [0.25, 0.3) is 0 Å². The molecule has 148 valence electrons. The van der Waals surface area contributed by atoms with Crippen molar-refractivity contribution >= 4 is 27.0 Å². The second kappa shape index (κ2) is 7.28. The Morgan fingerprint density at radius 2 is 2.18 bits per heavy atom. The van der Waals surface area contributed by atoms with Crippen LogP contribution in [0.4, 0.5) is 0 Å². The van der Waals surface area contributed by atoms with Crippen molar-refractivity contribution in [3.05, 3.63) is 52.9 Å². The summed E-state index contributed by atoms with van der Waals surface area (Å²) >= 11 is 0. The Morgan fingerprint density at radius 3 is 2.96 bits per heavy atom. The monoisotopic (exact) mass is 405 g/mol. The van der Waals surface area contributed by atoms with Gasteiger partial charge in [-0.3, -0.25) is 9.78 Å². The quantitative estimate of drug-likeness (QED) is 0.661. The van der Waals surface area contributed by atoms with Crippen LogP contribution in [0.15, 0.2) is 55.1 Å². The molecule has 28 heavy (non-hydrogen) atoms. The SMILES string of the molecule is O=C(NCc1ccco1)[C@H]1CCCN(S(=O)(=O)c2ccc3[nH]c(=O)oc3c2)C1. The number of sulfonamides is 1. The number of aromatic amines is 1. The van der Waals surface area contributed by atoms with Crippen molar-refractivity contribution < 1.29 is 22.0 Å². The number of fused-ring (bicyclic) bond motifs is 1. The highest BCUT2D eigenvalue weighted by Crippen LogP contribution is 2.25. The minimum absolute atomic E-state index is 0.0272. The van der Waals surface area contributed by atoms with E-state index in [1.54, 1.807) is 12.1 Å². The van der Waals surface area contributed by atoms with Crippen molar-refractivity contribution in [1.29, 1.82) is 0 Å². The van der Waals surface area contributed by atoms with Gasteiger partial charge in [-0.2, -0.15) is 4.31 Å². The Kier molecular flexibility index (Phi) is 4.82. The molecule has 0 bridgehead atoms. The van der Waals surface area contributed by atoms with Gasteiger partial charge in [-0.15, -0.1) is 0 Å². The average Bonchev–Trinajstić information content (AvgIpc) is 3.33. The Bertz CT molecular complexity index is 1150. The molecule has 1 saturated heterocycles. The molecule has 0 saturated carbocycles. The molecule has 0 unspecified atom stereocenters. The number of furan rings is 1. The number of aromatic nitrogens is 1. The number of H-pyrrole nitrogens is 1. The first kappa shape index (κ1) is 18.5. The van der Waals surface area contributed by atoms with Gasteiger partial charge in [0, 0.05) is 19.2 Å².